The molecule has 0 fully saturated rings. The predicted molar refractivity (Wildman–Crippen MR) is 80.0 cm³/mol. The van der Waals surface area contributed by atoms with Crippen LogP contribution in [0.15, 0.2) is 40.9 Å². The lowest BCUT2D eigenvalue weighted by molar-refractivity contribution is 0.103. The first-order chi connectivity index (χ1) is 9.02. The minimum atomic E-state index is 0.0117. The van der Waals surface area contributed by atoms with E-state index >= 15 is 0 Å². The Morgan fingerprint density at radius 3 is 2.37 bits per heavy atom. The molecular formula is C16H15BrO2. The molecule has 98 valence electrons. The third-order valence-corrected chi connectivity index (χ3v) is 3.85. The molecule has 2 aromatic carbocycles. The van der Waals surface area contributed by atoms with E-state index in [1.807, 2.05) is 32.0 Å². The van der Waals surface area contributed by atoms with Gasteiger partial charge >= 0.3 is 0 Å². The summed E-state index contributed by atoms with van der Waals surface area (Å²) < 4.78 is 5.87. The lowest BCUT2D eigenvalue weighted by Crippen LogP contribution is -2.03. The standard InChI is InChI=1S/C16H15BrO2/c1-10-4-5-12(8-11(10)2)16(18)14-7-6-13(19-3)9-15(14)17/h4-9H,1-3H3. The van der Waals surface area contributed by atoms with Crippen LogP contribution in [0.1, 0.15) is 27.0 Å². The molecule has 0 amide bonds. The molecule has 0 atom stereocenters. The Balaban J connectivity index is 2.41. The second kappa shape index (κ2) is 5.57. The van der Waals surface area contributed by atoms with Crippen LogP contribution in [-0.4, -0.2) is 12.9 Å². The molecule has 0 heterocycles. The van der Waals surface area contributed by atoms with Gasteiger partial charge in [-0.05, 0) is 65.2 Å². The maximum absolute atomic E-state index is 12.5. The number of halogens is 1. The van der Waals surface area contributed by atoms with Gasteiger partial charge in [0.25, 0.3) is 0 Å². The third-order valence-electron chi connectivity index (χ3n) is 3.19. The molecule has 0 saturated carbocycles. The third kappa shape index (κ3) is 2.87. The molecule has 0 aromatic heterocycles. The van der Waals surface area contributed by atoms with Gasteiger partial charge in [-0.25, -0.2) is 0 Å². The number of benzene rings is 2. The van der Waals surface area contributed by atoms with E-state index < -0.39 is 0 Å². The summed E-state index contributed by atoms with van der Waals surface area (Å²) >= 11 is 3.42. The van der Waals surface area contributed by atoms with E-state index in [-0.39, 0.29) is 5.78 Å². The zero-order chi connectivity index (χ0) is 14.0. The summed E-state index contributed by atoms with van der Waals surface area (Å²) in [4.78, 5) is 12.5. The highest BCUT2D eigenvalue weighted by Gasteiger charge is 2.13. The molecule has 0 saturated heterocycles. The molecular weight excluding hydrogens is 304 g/mol. The molecule has 2 aromatic rings. The van der Waals surface area contributed by atoms with E-state index in [9.17, 15) is 4.79 Å². The molecule has 0 spiro atoms. The van der Waals surface area contributed by atoms with Gasteiger partial charge in [0, 0.05) is 15.6 Å². The molecule has 0 N–H and O–H groups in total. The zero-order valence-corrected chi connectivity index (χ0v) is 12.7. The van der Waals surface area contributed by atoms with Crippen molar-refractivity contribution >= 4 is 21.7 Å². The van der Waals surface area contributed by atoms with Crippen LogP contribution in [0, 0.1) is 13.8 Å². The Morgan fingerprint density at radius 1 is 1.05 bits per heavy atom. The van der Waals surface area contributed by atoms with E-state index in [4.69, 9.17) is 4.74 Å². The highest BCUT2D eigenvalue weighted by molar-refractivity contribution is 9.10. The number of carbonyl (C=O) groups excluding carboxylic acids is 1. The number of methoxy groups -OCH3 is 1. The van der Waals surface area contributed by atoms with Crippen LogP contribution in [0.5, 0.6) is 5.75 Å². The minimum absolute atomic E-state index is 0.0117. The number of hydrogen-bond donors (Lipinski definition) is 0. The highest BCUT2D eigenvalue weighted by Crippen LogP contribution is 2.25. The average molecular weight is 319 g/mol. The van der Waals surface area contributed by atoms with Crippen molar-refractivity contribution in [1.82, 2.24) is 0 Å². The van der Waals surface area contributed by atoms with Gasteiger partial charge in [-0.1, -0.05) is 12.1 Å². The fraction of sp³-hybridized carbons (Fsp3) is 0.188. The van der Waals surface area contributed by atoms with Gasteiger partial charge in [0.05, 0.1) is 7.11 Å². The molecule has 0 radical (unpaired) electrons. The van der Waals surface area contributed by atoms with Crippen molar-refractivity contribution in [2.24, 2.45) is 0 Å². The topological polar surface area (TPSA) is 26.3 Å². The van der Waals surface area contributed by atoms with Gasteiger partial charge < -0.3 is 4.74 Å². The summed E-state index contributed by atoms with van der Waals surface area (Å²) in [6.07, 6.45) is 0. The van der Waals surface area contributed by atoms with Crippen molar-refractivity contribution in [2.75, 3.05) is 7.11 Å². The number of aryl methyl sites for hydroxylation is 2. The van der Waals surface area contributed by atoms with E-state index in [0.29, 0.717) is 11.1 Å². The first kappa shape index (κ1) is 13.8. The maximum Gasteiger partial charge on any atom is 0.194 e. The van der Waals surface area contributed by atoms with Gasteiger partial charge in [-0.3, -0.25) is 4.79 Å². The van der Waals surface area contributed by atoms with Crippen molar-refractivity contribution in [2.45, 2.75) is 13.8 Å². The lowest BCUT2D eigenvalue weighted by atomic mass is 9.99. The smallest absolute Gasteiger partial charge is 0.194 e. The van der Waals surface area contributed by atoms with Crippen LogP contribution < -0.4 is 4.74 Å². The van der Waals surface area contributed by atoms with Crippen molar-refractivity contribution in [1.29, 1.82) is 0 Å². The van der Waals surface area contributed by atoms with Crippen LogP contribution in [0.4, 0.5) is 0 Å². The van der Waals surface area contributed by atoms with Crippen LogP contribution in [0.25, 0.3) is 0 Å². The number of ether oxygens (including phenoxy) is 1. The molecule has 0 aliphatic rings. The van der Waals surface area contributed by atoms with Gasteiger partial charge in [-0.15, -0.1) is 0 Å². The Labute approximate surface area is 121 Å². The Kier molecular flexibility index (Phi) is 4.05. The summed E-state index contributed by atoms with van der Waals surface area (Å²) in [6.45, 7) is 4.04. The second-order valence-electron chi connectivity index (χ2n) is 4.47. The number of carbonyl (C=O) groups is 1. The van der Waals surface area contributed by atoms with E-state index in [0.717, 1.165) is 15.8 Å². The summed E-state index contributed by atoms with van der Waals surface area (Å²) in [5.74, 6) is 0.737. The lowest BCUT2D eigenvalue weighted by Gasteiger charge is -2.08. The first-order valence-electron chi connectivity index (χ1n) is 5.98. The minimum Gasteiger partial charge on any atom is -0.497 e. The Hall–Kier alpha value is -1.61. The van der Waals surface area contributed by atoms with Crippen molar-refractivity contribution in [3.05, 3.63) is 63.1 Å². The second-order valence-corrected chi connectivity index (χ2v) is 5.33. The summed E-state index contributed by atoms with van der Waals surface area (Å²) in [5, 5.41) is 0. The van der Waals surface area contributed by atoms with Crippen LogP contribution in [-0.2, 0) is 0 Å². The van der Waals surface area contributed by atoms with Crippen molar-refractivity contribution < 1.29 is 9.53 Å². The average Bonchev–Trinajstić information content (AvgIpc) is 2.41. The van der Waals surface area contributed by atoms with E-state index in [1.165, 1.54) is 5.56 Å². The first-order valence-corrected chi connectivity index (χ1v) is 6.77. The molecule has 0 aliphatic carbocycles. The Bertz CT molecular complexity index is 633. The molecule has 2 rings (SSSR count). The van der Waals surface area contributed by atoms with Gasteiger partial charge in [0.15, 0.2) is 5.78 Å². The van der Waals surface area contributed by atoms with Gasteiger partial charge in [0.2, 0.25) is 0 Å². The number of ketones is 1. The maximum atomic E-state index is 12.5. The fourth-order valence-electron chi connectivity index (χ4n) is 1.85. The highest BCUT2D eigenvalue weighted by atomic mass is 79.9. The quantitative estimate of drug-likeness (QED) is 0.788. The van der Waals surface area contributed by atoms with Crippen LogP contribution in [0.3, 0.4) is 0 Å². The van der Waals surface area contributed by atoms with Crippen LogP contribution >= 0.6 is 15.9 Å². The summed E-state index contributed by atoms with van der Waals surface area (Å²) in [5.41, 5.74) is 3.65. The van der Waals surface area contributed by atoms with Gasteiger partial charge in [0.1, 0.15) is 5.75 Å². The predicted octanol–water partition coefficient (Wildman–Crippen LogP) is 4.31. The summed E-state index contributed by atoms with van der Waals surface area (Å²) in [6, 6.07) is 11.1. The number of hydrogen-bond acceptors (Lipinski definition) is 2. The van der Waals surface area contributed by atoms with E-state index in [1.54, 1.807) is 25.3 Å². The van der Waals surface area contributed by atoms with E-state index in [2.05, 4.69) is 15.9 Å². The number of rotatable bonds is 3. The fourth-order valence-corrected chi connectivity index (χ4v) is 2.38. The molecule has 2 nitrogen and oxygen atoms in total. The Morgan fingerprint density at radius 2 is 1.79 bits per heavy atom. The zero-order valence-electron chi connectivity index (χ0n) is 11.2. The largest absolute Gasteiger partial charge is 0.497 e. The SMILES string of the molecule is COc1ccc(C(=O)c2ccc(C)c(C)c2)c(Br)c1. The van der Waals surface area contributed by atoms with Crippen molar-refractivity contribution in [3.8, 4) is 5.75 Å². The monoisotopic (exact) mass is 318 g/mol. The summed E-state index contributed by atoms with van der Waals surface area (Å²) in [7, 11) is 1.60. The molecule has 19 heavy (non-hydrogen) atoms. The molecule has 0 bridgehead atoms. The van der Waals surface area contributed by atoms with Gasteiger partial charge in [-0.2, -0.15) is 0 Å². The van der Waals surface area contributed by atoms with Crippen molar-refractivity contribution in [3.63, 3.8) is 0 Å². The normalized spacial score (nSPS) is 10.3. The molecule has 0 unspecified atom stereocenters. The molecule has 3 heteroatoms. The molecule has 0 aliphatic heterocycles. The van der Waals surface area contributed by atoms with Crippen LogP contribution in [0.2, 0.25) is 0 Å².